The van der Waals surface area contributed by atoms with Gasteiger partial charge in [0.25, 0.3) is 5.91 Å². The number of nitrogens with one attached hydrogen (secondary N) is 2. The average molecular weight is 319 g/mol. The van der Waals surface area contributed by atoms with E-state index in [0.29, 0.717) is 44.0 Å². The van der Waals surface area contributed by atoms with Crippen LogP contribution in [0.5, 0.6) is 0 Å². The van der Waals surface area contributed by atoms with Crippen LogP contribution in [0, 0.1) is 18.3 Å². The monoisotopic (exact) mass is 319 g/mol. The molecule has 1 aromatic rings. The van der Waals surface area contributed by atoms with Gasteiger partial charge >= 0.3 is 0 Å². The minimum atomic E-state index is -0.584. The molecule has 0 aromatic carbocycles. The van der Waals surface area contributed by atoms with Gasteiger partial charge in [-0.2, -0.15) is 0 Å². The molecule has 1 aromatic heterocycles. The van der Waals surface area contributed by atoms with Gasteiger partial charge in [-0.3, -0.25) is 14.4 Å². The molecule has 0 unspecified atom stereocenters. The molecular weight excluding hydrogens is 298 g/mol. The first-order valence-corrected chi connectivity index (χ1v) is 7.76. The molecule has 2 aliphatic rings. The molecule has 2 aliphatic heterocycles. The van der Waals surface area contributed by atoms with Gasteiger partial charge in [0, 0.05) is 50.0 Å². The number of carbonyl (C=O) groups excluding carboxylic acids is 2. The molecule has 3 rings (SSSR count). The fraction of sp³-hybridized carbons (Fsp3) is 0.562. The lowest BCUT2D eigenvalue weighted by Crippen LogP contribution is -2.49. The number of amides is 2. The van der Waals surface area contributed by atoms with Crippen molar-refractivity contribution < 1.29 is 14.3 Å². The SMILES string of the molecule is CNC(=O)[C@]12CCOC[C@H]1CN(C(=O)c1cc(C)[nH]c(=O)c1)C2. The lowest BCUT2D eigenvalue weighted by Gasteiger charge is -2.36. The predicted octanol–water partition coefficient (Wildman–Crippen LogP) is -0.0920. The van der Waals surface area contributed by atoms with E-state index in [1.807, 2.05) is 0 Å². The summed E-state index contributed by atoms with van der Waals surface area (Å²) < 4.78 is 5.50. The number of hydrogen-bond acceptors (Lipinski definition) is 4. The van der Waals surface area contributed by atoms with Crippen molar-refractivity contribution in [1.82, 2.24) is 15.2 Å². The summed E-state index contributed by atoms with van der Waals surface area (Å²) in [4.78, 5) is 41.1. The minimum absolute atomic E-state index is 0.0109. The molecule has 0 radical (unpaired) electrons. The Labute approximate surface area is 134 Å². The normalized spacial score (nSPS) is 26.7. The third-order valence-corrected chi connectivity index (χ3v) is 4.90. The van der Waals surface area contributed by atoms with Crippen molar-refractivity contribution in [3.63, 3.8) is 0 Å². The Kier molecular flexibility index (Phi) is 3.97. The Morgan fingerprint density at radius 2 is 2.22 bits per heavy atom. The Morgan fingerprint density at radius 3 is 2.91 bits per heavy atom. The molecule has 2 atom stereocenters. The van der Waals surface area contributed by atoms with Crippen molar-refractivity contribution in [2.75, 3.05) is 33.4 Å². The largest absolute Gasteiger partial charge is 0.381 e. The Morgan fingerprint density at radius 1 is 1.43 bits per heavy atom. The number of rotatable bonds is 2. The van der Waals surface area contributed by atoms with Gasteiger partial charge in [0.15, 0.2) is 0 Å². The average Bonchev–Trinajstić information content (AvgIpc) is 2.93. The smallest absolute Gasteiger partial charge is 0.254 e. The molecule has 0 aliphatic carbocycles. The molecule has 2 amide bonds. The van der Waals surface area contributed by atoms with Gasteiger partial charge in [-0.05, 0) is 19.4 Å². The van der Waals surface area contributed by atoms with Gasteiger partial charge in [-0.25, -0.2) is 0 Å². The molecule has 124 valence electrons. The van der Waals surface area contributed by atoms with Gasteiger partial charge in [-0.15, -0.1) is 0 Å². The molecule has 2 fully saturated rings. The summed E-state index contributed by atoms with van der Waals surface area (Å²) in [7, 11) is 1.62. The summed E-state index contributed by atoms with van der Waals surface area (Å²) in [6, 6.07) is 2.97. The number of pyridine rings is 1. The highest BCUT2D eigenvalue weighted by Gasteiger charge is 2.54. The van der Waals surface area contributed by atoms with Crippen LogP contribution in [0.25, 0.3) is 0 Å². The maximum absolute atomic E-state index is 12.7. The number of aryl methyl sites for hydroxylation is 1. The predicted molar refractivity (Wildman–Crippen MR) is 83.1 cm³/mol. The second-order valence-electron chi connectivity index (χ2n) is 6.36. The van der Waals surface area contributed by atoms with Gasteiger partial charge in [0.1, 0.15) is 0 Å². The molecular formula is C16H21N3O4. The summed E-state index contributed by atoms with van der Waals surface area (Å²) in [5, 5.41) is 2.73. The van der Waals surface area contributed by atoms with Gasteiger partial charge in [0.2, 0.25) is 11.5 Å². The topological polar surface area (TPSA) is 91.5 Å². The van der Waals surface area contributed by atoms with Crippen molar-refractivity contribution >= 4 is 11.8 Å². The van der Waals surface area contributed by atoms with E-state index in [4.69, 9.17) is 4.74 Å². The number of carbonyl (C=O) groups is 2. The summed E-state index contributed by atoms with van der Waals surface area (Å²) >= 11 is 0. The highest BCUT2D eigenvalue weighted by Crippen LogP contribution is 2.42. The number of nitrogens with zero attached hydrogens (tertiary/aromatic N) is 1. The lowest BCUT2D eigenvalue weighted by atomic mass is 9.73. The van der Waals surface area contributed by atoms with Crippen LogP contribution >= 0.6 is 0 Å². The van der Waals surface area contributed by atoms with Crippen LogP contribution in [-0.2, 0) is 9.53 Å². The summed E-state index contributed by atoms with van der Waals surface area (Å²) in [5.74, 6) is -0.261. The first-order valence-electron chi connectivity index (χ1n) is 7.76. The zero-order chi connectivity index (χ0) is 16.6. The number of aromatic nitrogens is 1. The van der Waals surface area contributed by atoms with Crippen molar-refractivity contribution in [1.29, 1.82) is 0 Å². The third kappa shape index (κ3) is 2.65. The van der Waals surface area contributed by atoms with Crippen LogP contribution in [0.15, 0.2) is 16.9 Å². The summed E-state index contributed by atoms with van der Waals surface area (Å²) in [5.41, 5.74) is 0.118. The van der Waals surface area contributed by atoms with E-state index in [9.17, 15) is 14.4 Å². The highest BCUT2D eigenvalue weighted by atomic mass is 16.5. The molecule has 0 bridgehead atoms. The van der Waals surface area contributed by atoms with E-state index < -0.39 is 5.41 Å². The number of H-pyrrole nitrogens is 1. The van der Waals surface area contributed by atoms with Crippen LogP contribution in [0.2, 0.25) is 0 Å². The number of likely N-dealkylation sites (tertiary alicyclic amines) is 1. The van der Waals surface area contributed by atoms with Crippen molar-refractivity contribution in [3.05, 3.63) is 33.7 Å². The standard InChI is InChI=1S/C16H21N3O4/c1-10-5-11(6-13(20)18-10)14(21)19-7-12-8-23-4-3-16(12,9-19)15(22)17-2/h5-6,12H,3-4,7-9H2,1-2H3,(H,17,22)(H,18,20)/t12-,16+/m1/s1. The highest BCUT2D eigenvalue weighted by molar-refractivity contribution is 5.95. The van der Waals surface area contributed by atoms with Crippen molar-refractivity contribution in [2.24, 2.45) is 11.3 Å². The van der Waals surface area contributed by atoms with E-state index >= 15 is 0 Å². The quantitative estimate of drug-likeness (QED) is 0.797. The van der Waals surface area contributed by atoms with Gasteiger partial charge in [-0.1, -0.05) is 0 Å². The first-order chi connectivity index (χ1) is 11.0. The zero-order valence-electron chi connectivity index (χ0n) is 13.3. The molecule has 7 nitrogen and oxygen atoms in total. The third-order valence-electron chi connectivity index (χ3n) is 4.90. The van der Waals surface area contributed by atoms with E-state index in [-0.39, 0.29) is 23.3 Å². The fourth-order valence-electron chi connectivity index (χ4n) is 3.71. The Bertz CT molecular complexity index is 699. The molecule has 0 spiro atoms. The fourth-order valence-corrected chi connectivity index (χ4v) is 3.71. The summed E-state index contributed by atoms with van der Waals surface area (Å²) in [6.45, 7) is 3.58. The number of fused-ring (bicyclic) bond motifs is 1. The second kappa shape index (κ2) is 5.81. The molecule has 2 N–H and O–H groups in total. The van der Waals surface area contributed by atoms with Crippen LogP contribution in [-0.4, -0.2) is 55.0 Å². The zero-order valence-corrected chi connectivity index (χ0v) is 13.3. The maximum Gasteiger partial charge on any atom is 0.254 e. The second-order valence-corrected chi connectivity index (χ2v) is 6.36. The summed E-state index contributed by atoms with van der Waals surface area (Å²) in [6.07, 6.45) is 0.607. The van der Waals surface area contributed by atoms with E-state index in [1.54, 1.807) is 24.9 Å². The number of ether oxygens (including phenoxy) is 1. The molecule has 2 saturated heterocycles. The molecule has 7 heteroatoms. The van der Waals surface area contributed by atoms with Crippen LogP contribution < -0.4 is 10.9 Å². The number of hydrogen-bond donors (Lipinski definition) is 2. The van der Waals surface area contributed by atoms with Gasteiger partial charge < -0.3 is 19.9 Å². The molecule has 3 heterocycles. The minimum Gasteiger partial charge on any atom is -0.381 e. The van der Waals surface area contributed by atoms with Gasteiger partial charge in [0.05, 0.1) is 12.0 Å². The van der Waals surface area contributed by atoms with E-state index in [2.05, 4.69) is 10.3 Å². The number of aromatic amines is 1. The van der Waals surface area contributed by atoms with E-state index in [1.165, 1.54) is 6.07 Å². The Hall–Kier alpha value is -2.15. The Balaban J connectivity index is 1.89. The van der Waals surface area contributed by atoms with Crippen molar-refractivity contribution in [2.45, 2.75) is 13.3 Å². The lowest BCUT2D eigenvalue weighted by molar-refractivity contribution is -0.138. The first kappa shape index (κ1) is 15.7. The van der Waals surface area contributed by atoms with Crippen LogP contribution in [0.1, 0.15) is 22.5 Å². The van der Waals surface area contributed by atoms with Crippen LogP contribution in [0.3, 0.4) is 0 Å². The maximum atomic E-state index is 12.7. The van der Waals surface area contributed by atoms with E-state index in [0.717, 1.165) is 0 Å². The molecule has 0 saturated carbocycles. The van der Waals surface area contributed by atoms with Crippen LogP contribution in [0.4, 0.5) is 0 Å². The molecule has 23 heavy (non-hydrogen) atoms. The van der Waals surface area contributed by atoms with Crippen molar-refractivity contribution in [3.8, 4) is 0 Å².